The first-order valence-electron chi connectivity index (χ1n) is 11.0. The van der Waals surface area contributed by atoms with Gasteiger partial charge in [-0.1, -0.05) is 30.3 Å². The number of nitrogens with one attached hydrogen (secondary N) is 2. The number of amides is 1. The molecule has 32 heavy (non-hydrogen) atoms. The molecule has 0 atom stereocenters. The molecular formula is C24H32N4O3S. The number of hydrogen-bond acceptors (Lipinski definition) is 5. The molecule has 1 aliphatic rings. The third-order valence-electron chi connectivity index (χ3n) is 5.43. The van der Waals surface area contributed by atoms with E-state index in [2.05, 4.69) is 26.9 Å². The van der Waals surface area contributed by atoms with E-state index in [9.17, 15) is 13.2 Å². The third-order valence-corrected chi connectivity index (χ3v) is 6.44. The average Bonchev–Trinajstić information content (AvgIpc) is 2.79. The Morgan fingerprint density at radius 1 is 0.969 bits per heavy atom. The SMILES string of the molecule is CN1CCN(CCCCNC(=O)c2ccc(NS(=O)(=O)/C=C/c3ccccc3)cc2)CC1. The summed E-state index contributed by atoms with van der Waals surface area (Å²) in [6.07, 6.45) is 3.53. The van der Waals surface area contributed by atoms with Crippen LogP contribution in [0.25, 0.3) is 6.08 Å². The van der Waals surface area contributed by atoms with Gasteiger partial charge in [0, 0.05) is 44.0 Å². The largest absolute Gasteiger partial charge is 0.352 e. The number of rotatable bonds is 10. The fourth-order valence-electron chi connectivity index (χ4n) is 3.46. The summed E-state index contributed by atoms with van der Waals surface area (Å²) in [6.45, 7) is 6.16. The molecule has 2 aromatic carbocycles. The van der Waals surface area contributed by atoms with Crippen LogP contribution in [0.3, 0.4) is 0 Å². The van der Waals surface area contributed by atoms with Crippen LogP contribution in [0.2, 0.25) is 0 Å². The van der Waals surface area contributed by atoms with Crippen LogP contribution in [0.1, 0.15) is 28.8 Å². The van der Waals surface area contributed by atoms with Crippen LogP contribution in [0.4, 0.5) is 5.69 Å². The molecule has 1 fully saturated rings. The number of carbonyl (C=O) groups excluding carboxylic acids is 1. The van der Waals surface area contributed by atoms with Crippen molar-refractivity contribution in [1.29, 1.82) is 0 Å². The Balaban J connectivity index is 1.39. The molecule has 0 saturated carbocycles. The number of nitrogens with zero attached hydrogens (tertiary/aromatic N) is 2. The highest BCUT2D eigenvalue weighted by molar-refractivity contribution is 7.95. The molecule has 0 aromatic heterocycles. The van der Waals surface area contributed by atoms with Crippen LogP contribution < -0.4 is 10.0 Å². The predicted molar refractivity (Wildman–Crippen MR) is 130 cm³/mol. The van der Waals surface area contributed by atoms with Crippen molar-refractivity contribution in [2.45, 2.75) is 12.8 Å². The summed E-state index contributed by atoms with van der Waals surface area (Å²) in [4.78, 5) is 17.1. The molecule has 1 saturated heterocycles. The lowest BCUT2D eigenvalue weighted by molar-refractivity contribution is 0.0952. The lowest BCUT2D eigenvalue weighted by Gasteiger charge is -2.32. The van der Waals surface area contributed by atoms with Crippen LogP contribution in [-0.2, 0) is 10.0 Å². The van der Waals surface area contributed by atoms with Crippen molar-refractivity contribution < 1.29 is 13.2 Å². The zero-order chi connectivity index (χ0) is 22.8. The number of piperazine rings is 1. The number of unbranched alkanes of at least 4 members (excludes halogenated alkanes) is 1. The smallest absolute Gasteiger partial charge is 0.255 e. The summed E-state index contributed by atoms with van der Waals surface area (Å²) in [5.41, 5.74) is 1.71. The quantitative estimate of drug-likeness (QED) is 0.538. The van der Waals surface area contributed by atoms with E-state index in [0.717, 1.165) is 56.5 Å². The maximum Gasteiger partial charge on any atom is 0.255 e. The van der Waals surface area contributed by atoms with E-state index in [1.165, 1.54) is 6.08 Å². The van der Waals surface area contributed by atoms with Gasteiger partial charge in [-0.2, -0.15) is 0 Å². The van der Waals surface area contributed by atoms with Crippen molar-refractivity contribution in [2.75, 3.05) is 51.0 Å². The highest BCUT2D eigenvalue weighted by Gasteiger charge is 2.13. The molecule has 1 aliphatic heterocycles. The van der Waals surface area contributed by atoms with Crippen LogP contribution >= 0.6 is 0 Å². The van der Waals surface area contributed by atoms with Gasteiger partial charge in [-0.3, -0.25) is 9.52 Å². The van der Waals surface area contributed by atoms with E-state index in [1.54, 1.807) is 24.3 Å². The molecule has 3 rings (SSSR count). The molecule has 2 aromatic rings. The van der Waals surface area contributed by atoms with Crippen molar-refractivity contribution in [3.05, 3.63) is 71.1 Å². The fraction of sp³-hybridized carbons (Fsp3) is 0.375. The molecule has 0 bridgehead atoms. The second-order valence-corrected chi connectivity index (χ2v) is 9.61. The molecule has 1 heterocycles. The Morgan fingerprint density at radius 3 is 2.34 bits per heavy atom. The number of anilines is 1. The minimum absolute atomic E-state index is 0.150. The summed E-state index contributed by atoms with van der Waals surface area (Å²) in [7, 11) is -1.49. The van der Waals surface area contributed by atoms with Gasteiger partial charge < -0.3 is 15.1 Å². The molecule has 8 heteroatoms. The molecule has 0 aliphatic carbocycles. The molecule has 2 N–H and O–H groups in total. The summed E-state index contributed by atoms with van der Waals surface area (Å²) >= 11 is 0. The predicted octanol–water partition coefficient (Wildman–Crippen LogP) is 2.86. The number of benzene rings is 2. The van der Waals surface area contributed by atoms with E-state index < -0.39 is 10.0 Å². The lowest BCUT2D eigenvalue weighted by atomic mass is 10.2. The molecular weight excluding hydrogens is 424 g/mol. The Bertz CT molecular complexity index is 984. The average molecular weight is 457 g/mol. The molecule has 1 amide bonds. The van der Waals surface area contributed by atoms with E-state index in [0.29, 0.717) is 17.8 Å². The second kappa shape index (κ2) is 11.8. The minimum atomic E-state index is -3.64. The highest BCUT2D eigenvalue weighted by atomic mass is 32.2. The van der Waals surface area contributed by atoms with E-state index in [4.69, 9.17) is 0 Å². The fourth-order valence-corrected chi connectivity index (χ4v) is 4.33. The first-order valence-corrected chi connectivity index (χ1v) is 12.5. The standard InChI is InChI=1S/C24H32N4O3S/c1-27-16-18-28(19-17-27)15-6-5-14-25-24(29)22-9-11-23(12-10-22)26-32(30,31)20-13-21-7-3-2-4-8-21/h2-4,7-13,20,26H,5-6,14-19H2,1H3,(H,25,29)/b20-13+. The lowest BCUT2D eigenvalue weighted by Crippen LogP contribution is -2.44. The number of likely N-dealkylation sites (N-methyl/N-ethyl adjacent to an activating group) is 1. The monoisotopic (exact) mass is 456 g/mol. The summed E-state index contributed by atoms with van der Waals surface area (Å²) in [5, 5.41) is 4.06. The van der Waals surface area contributed by atoms with Gasteiger partial charge in [0.05, 0.1) is 5.41 Å². The molecule has 0 radical (unpaired) electrons. The van der Waals surface area contributed by atoms with Gasteiger partial charge in [0.15, 0.2) is 0 Å². The van der Waals surface area contributed by atoms with Gasteiger partial charge >= 0.3 is 0 Å². The van der Waals surface area contributed by atoms with Gasteiger partial charge in [-0.15, -0.1) is 0 Å². The van der Waals surface area contributed by atoms with Crippen LogP contribution in [0.15, 0.2) is 60.0 Å². The zero-order valence-electron chi connectivity index (χ0n) is 18.5. The molecule has 0 spiro atoms. The van der Waals surface area contributed by atoms with Gasteiger partial charge in [0.25, 0.3) is 15.9 Å². The Morgan fingerprint density at radius 2 is 1.66 bits per heavy atom. The summed E-state index contributed by atoms with van der Waals surface area (Å²) < 4.78 is 27.0. The van der Waals surface area contributed by atoms with Gasteiger partial charge in [0.2, 0.25) is 0 Å². The minimum Gasteiger partial charge on any atom is -0.352 e. The van der Waals surface area contributed by atoms with Crippen LogP contribution in [0.5, 0.6) is 0 Å². The summed E-state index contributed by atoms with van der Waals surface area (Å²) in [6, 6.07) is 15.6. The highest BCUT2D eigenvalue weighted by Crippen LogP contribution is 2.13. The normalized spacial score (nSPS) is 15.7. The topological polar surface area (TPSA) is 81.8 Å². The van der Waals surface area contributed by atoms with Gasteiger partial charge in [0.1, 0.15) is 0 Å². The maximum atomic E-state index is 12.3. The van der Waals surface area contributed by atoms with Gasteiger partial charge in [-0.25, -0.2) is 8.42 Å². The Hall–Kier alpha value is -2.68. The first kappa shape index (κ1) is 24.0. The Kier molecular flexibility index (Phi) is 8.84. The first-order chi connectivity index (χ1) is 15.4. The van der Waals surface area contributed by atoms with Crippen LogP contribution in [-0.4, -0.2) is 70.4 Å². The van der Waals surface area contributed by atoms with E-state index >= 15 is 0 Å². The molecule has 172 valence electrons. The van der Waals surface area contributed by atoms with Crippen molar-refractivity contribution >= 4 is 27.7 Å². The van der Waals surface area contributed by atoms with Gasteiger partial charge in [-0.05, 0) is 62.3 Å². The molecule has 0 unspecified atom stereocenters. The molecule has 7 nitrogen and oxygen atoms in total. The zero-order valence-corrected chi connectivity index (χ0v) is 19.4. The van der Waals surface area contributed by atoms with Crippen molar-refractivity contribution in [3.8, 4) is 0 Å². The maximum absolute atomic E-state index is 12.3. The summed E-state index contributed by atoms with van der Waals surface area (Å²) in [5.74, 6) is -0.150. The van der Waals surface area contributed by atoms with E-state index in [1.807, 2.05) is 30.3 Å². The van der Waals surface area contributed by atoms with Crippen molar-refractivity contribution in [1.82, 2.24) is 15.1 Å². The van der Waals surface area contributed by atoms with Crippen LogP contribution in [0, 0.1) is 0 Å². The van der Waals surface area contributed by atoms with Crippen molar-refractivity contribution in [2.24, 2.45) is 0 Å². The van der Waals surface area contributed by atoms with E-state index in [-0.39, 0.29) is 5.91 Å². The number of hydrogen-bond donors (Lipinski definition) is 2. The second-order valence-electron chi connectivity index (χ2n) is 8.05. The number of sulfonamides is 1. The third kappa shape index (κ3) is 8.11. The number of carbonyl (C=O) groups is 1. The Labute approximate surface area is 191 Å². The van der Waals surface area contributed by atoms with Crippen molar-refractivity contribution in [3.63, 3.8) is 0 Å².